The molecule has 0 bridgehead atoms. The van der Waals surface area contributed by atoms with Crippen LogP contribution in [0.15, 0.2) is 22.7 Å². The summed E-state index contributed by atoms with van der Waals surface area (Å²) in [5.41, 5.74) is 7.03. The molecule has 1 saturated carbocycles. The molecule has 1 fully saturated rings. The first-order valence-electron chi connectivity index (χ1n) is 4.68. The summed E-state index contributed by atoms with van der Waals surface area (Å²) < 4.78 is 0.986. The van der Waals surface area contributed by atoms with Crippen LogP contribution in [0.4, 0.5) is 0 Å². The molecule has 1 aliphatic carbocycles. The molecule has 3 N–H and O–H groups in total. The number of nitrogens with two attached hydrogens (primary N) is 1. The zero-order valence-corrected chi connectivity index (χ0v) is 9.88. The fourth-order valence-corrected chi connectivity index (χ4v) is 2.43. The molecule has 1 aromatic rings. The molecule has 2 unspecified atom stereocenters. The Morgan fingerprint density at radius 2 is 2.00 bits per heavy atom. The summed E-state index contributed by atoms with van der Waals surface area (Å²) >= 11 is 3.40. The van der Waals surface area contributed by atoms with E-state index in [1.54, 1.807) is 6.07 Å². The molecule has 2 atom stereocenters. The van der Waals surface area contributed by atoms with Gasteiger partial charge in [0.05, 0.1) is 0 Å². The lowest BCUT2D eigenvalue weighted by Crippen LogP contribution is -2.06. The number of phenols is 1. The van der Waals surface area contributed by atoms with Crippen molar-refractivity contribution in [2.24, 2.45) is 11.1 Å². The number of phenolic OH excluding ortho intramolecular Hbond substituents is 1. The lowest BCUT2D eigenvalue weighted by Gasteiger charge is -2.06. The van der Waals surface area contributed by atoms with E-state index in [-0.39, 0.29) is 17.4 Å². The smallest absolute Gasteiger partial charge is 0.119 e. The fraction of sp³-hybridized carbons (Fsp3) is 0.455. The summed E-state index contributed by atoms with van der Waals surface area (Å²) in [7, 11) is 0. The van der Waals surface area contributed by atoms with Crippen molar-refractivity contribution in [3.8, 4) is 5.75 Å². The molecular weight excluding hydrogens is 242 g/mol. The van der Waals surface area contributed by atoms with Gasteiger partial charge in [-0.1, -0.05) is 29.8 Å². The average Bonchev–Trinajstić information content (AvgIpc) is 2.58. The molecule has 0 radical (unpaired) electrons. The van der Waals surface area contributed by atoms with E-state index in [0.29, 0.717) is 5.75 Å². The van der Waals surface area contributed by atoms with Crippen LogP contribution in [0, 0.1) is 5.41 Å². The molecule has 0 spiro atoms. The number of hydrogen-bond donors (Lipinski definition) is 2. The third-order valence-corrected chi connectivity index (χ3v) is 3.73. The van der Waals surface area contributed by atoms with Crippen molar-refractivity contribution in [1.82, 2.24) is 0 Å². The van der Waals surface area contributed by atoms with E-state index in [1.165, 1.54) is 0 Å². The lowest BCUT2D eigenvalue weighted by molar-refractivity contribution is 0.464. The molecular formula is C11H14BrNO. The summed E-state index contributed by atoms with van der Waals surface area (Å²) in [5.74, 6) is 0.624. The standard InChI is InChI=1S/C11H14BrNO/c1-11(2)9(10(11)13)7-5-6(12)3-4-8(7)14/h3-5,9-10,14H,13H2,1-2H3. The SMILES string of the molecule is CC1(C)C(N)C1c1cc(Br)ccc1O. The molecule has 0 saturated heterocycles. The molecule has 0 aliphatic heterocycles. The topological polar surface area (TPSA) is 46.2 Å². The highest BCUT2D eigenvalue weighted by atomic mass is 79.9. The van der Waals surface area contributed by atoms with Gasteiger partial charge < -0.3 is 10.8 Å². The molecule has 3 heteroatoms. The molecule has 14 heavy (non-hydrogen) atoms. The summed E-state index contributed by atoms with van der Waals surface area (Å²) in [5, 5.41) is 9.72. The average molecular weight is 256 g/mol. The van der Waals surface area contributed by atoms with E-state index in [4.69, 9.17) is 5.73 Å². The van der Waals surface area contributed by atoms with Crippen molar-refractivity contribution in [3.05, 3.63) is 28.2 Å². The van der Waals surface area contributed by atoms with Crippen molar-refractivity contribution >= 4 is 15.9 Å². The van der Waals surface area contributed by atoms with E-state index in [0.717, 1.165) is 10.0 Å². The second kappa shape index (κ2) is 2.97. The van der Waals surface area contributed by atoms with E-state index in [2.05, 4.69) is 29.8 Å². The Hall–Kier alpha value is -0.540. The maximum atomic E-state index is 9.72. The molecule has 1 aromatic carbocycles. The number of hydrogen-bond acceptors (Lipinski definition) is 2. The number of rotatable bonds is 1. The van der Waals surface area contributed by atoms with Gasteiger partial charge in [-0.2, -0.15) is 0 Å². The number of halogens is 1. The van der Waals surface area contributed by atoms with Crippen LogP contribution in [0.25, 0.3) is 0 Å². The van der Waals surface area contributed by atoms with Gasteiger partial charge in [0.15, 0.2) is 0 Å². The summed E-state index contributed by atoms with van der Waals surface area (Å²) in [6, 6.07) is 5.65. The predicted molar refractivity (Wildman–Crippen MR) is 60.3 cm³/mol. The molecule has 1 aliphatic rings. The molecule has 76 valence electrons. The normalized spacial score (nSPS) is 28.9. The molecule has 2 nitrogen and oxygen atoms in total. The van der Waals surface area contributed by atoms with Crippen LogP contribution in [0.1, 0.15) is 25.3 Å². The van der Waals surface area contributed by atoms with Gasteiger partial charge in [-0.15, -0.1) is 0 Å². The van der Waals surface area contributed by atoms with E-state index >= 15 is 0 Å². The first kappa shape index (κ1) is 9.99. The minimum Gasteiger partial charge on any atom is -0.508 e. The fourth-order valence-electron chi connectivity index (χ4n) is 2.05. The lowest BCUT2D eigenvalue weighted by atomic mass is 10.0. The van der Waals surface area contributed by atoms with Gasteiger partial charge in [-0.05, 0) is 23.6 Å². The Labute approximate surface area is 92.3 Å². The second-order valence-electron chi connectivity index (χ2n) is 4.53. The summed E-state index contributed by atoms with van der Waals surface area (Å²) in [6.07, 6.45) is 0. The predicted octanol–water partition coefficient (Wildman–Crippen LogP) is 2.61. The minimum absolute atomic E-state index is 0.109. The second-order valence-corrected chi connectivity index (χ2v) is 5.44. The van der Waals surface area contributed by atoms with Crippen LogP contribution in [-0.2, 0) is 0 Å². The van der Waals surface area contributed by atoms with Crippen LogP contribution < -0.4 is 5.73 Å². The third-order valence-electron chi connectivity index (χ3n) is 3.24. The van der Waals surface area contributed by atoms with Crippen LogP contribution in [0.2, 0.25) is 0 Å². The Morgan fingerprint density at radius 3 is 2.50 bits per heavy atom. The van der Waals surface area contributed by atoms with Gasteiger partial charge in [-0.3, -0.25) is 0 Å². The van der Waals surface area contributed by atoms with Crippen LogP contribution >= 0.6 is 15.9 Å². The number of benzene rings is 1. The Morgan fingerprint density at radius 1 is 1.43 bits per heavy atom. The first-order valence-corrected chi connectivity index (χ1v) is 5.48. The quantitative estimate of drug-likeness (QED) is 0.811. The van der Waals surface area contributed by atoms with Crippen molar-refractivity contribution in [2.45, 2.75) is 25.8 Å². The summed E-state index contributed by atoms with van der Waals surface area (Å²) in [4.78, 5) is 0. The third kappa shape index (κ3) is 1.35. The maximum Gasteiger partial charge on any atom is 0.119 e. The zero-order chi connectivity index (χ0) is 10.5. The highest BCUT2D eigenvalue weighted by Crippen LogP contribution is 2.59. The summed E-state index contributed by atoms with van der Waals surface area (Å²) in [6.45, 7) is 4.26. The van der Waals surface area contributed by atoms with Crippen molar-refractivity contribution in [3.63, 3.8) is 0 Å². The van der Waals surface area contributed by atoms with Gasteiger partial charge in [0.2, 0.25) is 0 Å². The number of aromatic hydroxyl groups is 1. The van der Waals surface area contributed by atoms with Gasteiger partial charge in [-0.25, -0.2) is 0 Å². The monoisotopic (exact) mass is 255 g/mol. The van der Waals surface area contributed by atoms with Gasteiger partial charge >= 0.3 is 0 Å². The Kier molecular flexibility index (Phi) is 2.12. The molecule has 0 aromatic heterocycles. The van der Waals surface area contributed by atoms with E-state index in [1.807, 2.05) is 12.1 Å². The van der Waals surface area contributed by atoms with Gasteiger partial charge in [0.1, 0.15) is 5.75 Å². The minimum atomic E-state index is 0.109. The van der Waals surface area contributed by atoms with Crippen molar-refractivity contribution in [1.29, 1.82) is 0 Å². The first-order chi connectivity index (χ1) is 6.44. The van der Waals surface area contributed by atoms with E-state index in [9.17, 15) is 5.11 Å². The van der Waals surface area contributed by atoms with Crippen molar-refractivity contribution in [2.75, 3.05) is 0 Å². The van der Waals surface area contributed by atoms with Gasteiger partial charge in [0, 0.05) is 22.0 Å². The maximum absolute atomic E-state index is 9.72. The zero-order valence-electron chi connectivity index (χ0n) is 8.29. The Bertz CT molecular complexity index is 376. The molecule has 0 amide bonds. The highest BCUT2D eigenvalue weighted by molar-refractivity contribution is 9.10. The largest absolute Gasteiger partial charge is 0.508 e. The Balaban J connectivity index is 2.39. The van der Waals surface area contributed by atoms with Crippen LogP contribution in [0.5, 0.6) is 5.75 Å². The van der Waals surface area contributed by atoms with Crippen molar-refractivity contribution < 1.29 is 5.11 Å². The molecule has 0 heterocycles. The highest BCUT2D eigenvalue weighted by Gasteiger charge is 2.56. The molecule has 2 rings (SSSR count). The van der Waals surface area contributed by atoms with E-state index < -0.39 is 0 Å². The van der Waals surface area contributed by atoms with Crippen LogP contribution in [0.3, 0.4) is 0 Å². The van der Waals surface area contributed by atoms with Crippen LogP contribution in [-0.4, -0.2) is 11.1 Å². The van der Waals surface area contributed by atoms with Gasteiger partial charge in [0.25, 0.3) is 0 Å².